The van der Waals surface area contributed by atoms with Crippen LogP contribution in [0.15, 0.2) is 46.4 Å². The molecule has 5 nitrogen and oxygen atoms in total. The van der Waals surface area contributed by atoms with Gasteiger partial charge in [0.1, 0.15) is 0 Å². The number of pyridine rings is 1. The maximum absolute atomic E-state index is 11.6. The fraction of sp³-hybridized carbons (Fsp3) is 0.182. The molecule has 0 fully saturated rings. The van der Waals surface area contributed by atoms with E-state index in [1.807, 2.05) is 0 Å². The summed E-state index contributed by atoms with van der Waals surface area (Å²) in [5, 5.41) is 0. The van der Waals surface area contributed by atoms with Gasteiger partial charge in [0.25, 0.3) is 5.56 Å². The summed E-state index contributed by atoms with van der Waals surface area (Å²) < 4.78 is 1.18. The molecule has 2 heterocycles. The summed E-state index contributed by atoms with van der Waals surface area (Å²) in [4.78, 5) is 29.5. The van der Waals surface area contributed by atoms with Crippen LogP contribution in [0.25, 0.3) is 0 Å². The Kier molecular flexibility index (Phi) is 2.68. The van der Waals surface area contributed by atoms with E-state index >= 15 is 0 Å². The second-order valence-corrected chi connectivity index (χ2v) is 3.45. The fourth-order valence-corrected chi connectivity index (χ4v) is 1.59. The number of H-pyrrole nitrogens is 1. The van der Waals surface area contributed by atoms with Crippen LogP contribution >= 0.6 is 0 Å². The first-order valence-electron chi connectivity index (χ1n) is 4.90. The van der Waals surface area contributed by atoms with Crippen molar-refractivity contribution in [3.05, 3.63) is 63.2 Å². The van der Waals surface area contributed by atoms with Gasteiger partial charge in [0.05, 0.1) is 6.04 Å². The lowest BCUT2D eigenvalue weighted by molar-refractivity contribution is 0.577. The van der Waals surface area contributed by atoms with Gasteiger partial charge in [-0.2, -0.15) is 0 Å². The van der Waals surface area contributed by atoms with Gasteiger partial charge in [-0.15, -0.1) is 0 Å². The Bertz CT molecular complexity index is 558. The molecule has 1 N–H and O–H groups in total. The normalized spacial score (nSPS) is 12.3. The second kappa shape index (κ2) is 4.14. The van der Waals surface area contributed by atoms with Crippen LogP contribution in [0.4, 0.5) is 0 Å². The number of nitrogens with one attached hydrogen (secondary N) is 1. The van der Waals surface area contributed by atoms with Crippen molar-refractivity contribution < 1.29 is 0 Å². The summed E-state index contributed by atoms with van der Waals surface area (Å²) in [6.07, 6.45) is 4.61. The molecule has 0 saturated carbocycles. The number of nitrogens with zero attached hydrogens (tertiary/aromatic N) is 2. The summed E-state index contributed by atoms with van der Waals surface area (Å²) in [7, 11) is 0. The van der Waals surface area contributed by atoms with Crippen LogP contribution < -0.4 is 11.2 Å². The molecule has 0 bridgehead atoms. The number of rotatable bonds is 2. The Morgan fingerprint density at radius 2 is 1.94 bits per heavy atom. The summed E-state index contributed by atoms with van der Waals surface area (Å²) in [5.41, 5.74) is 0.152. The topological polar surface area (TPSA) is 67.8 Å². The van der Waals surface area contributed by atoms with Crippen molar-refractivity contribution in [2.24, 2.45) is 0 Å². The van der Waals surface area contributed by atoms with Crippen molar-refractivity contribution >= 4 is 0 Å². The predicted molar refractivity (Wildman–Crippen MR) is 59.4 cm³/mol. The first-order chi connectivity index (χ1) is 7.70. The lowest BCUT2D eigenvalue weighted by Crippen LogP contribution is -2.36. The van der Waals surface area contributed by atoms with Crippen molar-refractivity contribution in [1.82, 2.24) is 14.5 Å². The lowest BCUT2D eigenvalue weighted by Gasteiger charge is -2.13. The van der Waals surface area contributed by atoms with E-state index in [0.29, 0.717) is 0 Å². The molecule has 16 heavy (non-hydrogen) atoms. The third-order valence-corrected chi connectivity index (χ3v) is 2.46. The zero-order chi connectivity index (χ0) is 11.5. The SMILES string of the molecule is CC(c1ccncc1)n1c(=O)cc[nH]c1=O. The van der Waals surface area contributed by atoms with Gasteiger partial charge in [0.15, 0.2) is 0 Å². The first kappa shape index (κ1) is 10.4. The lowest BCUT2D eigenvalue weighted by atomic mass is 10.1. The van der Waals surface area contributed by atoms with Crippen LogP contribution in [0.1, 0.15) is 18.5 Å². The smallest absolute Gasteiger partial charge is 0.314 e. The standard InChI is InChI=1S/C11H11N3O2/c1-8(9-2-5-12-6-3-9)14-10(15)4-7-13-11(14)16/h2-8H,1H3,(H,13,16). The zero-order valence-corrected chi connectivity index (χ0v) is 8.75. The number of aromatic amines is 1. The second-order valence-electron chi connectivity index (χ2n) is 3.45. The Morgan fingerprint density at radius 1 is 1.25 bits per heavy atom. The molecule has 2 rings (SSSR count). The van der Waals surface area contributed by atoms with Gasteiger partial charge in [-0.3, -0.25) is 14.3 Å². The van der Waals surface area contributed by atoms with E-state index in [1.165, 1.54) is 16.8 Å². The number of hydrogen-bond donors (Lipinski definition) is 1. The molecule has 0 amide bonds. The van der Waals surface area contributed by atoms with E-state index in [9.17, 15) is 9.59 Å². The maximum atomic E-state index is 11.6. The minimum atomic E-state index is -0.406. The molecule has 5 heteroatoms. The maximum Gasteiger partial charge on any atom is 0.328 e. The Balaban J connectivity index is 2.54. The Hall–Kier alpha value is -2.17. The van der Waals surface area contributed by atoms with E-state index in [-0.39, 0.29) is 11.6 Å². The highest BCUT2D eigenvalue weighted by Crippen LogP contribution is 2.12. The molecule has 0 saturated heterocycles. The molecule has 2 aromatic heterocycles. The molecule has 0 aliphatic rings. The van der Waals surface area contributed by atoms with Crippen LogP contribution in [0.5, 0.6) is 0 Å². The van der Waals surface area contributed by atoms with E-state index in [1.54, 1.807) is 31.5 Å². The molecule has 0 aromatic carbocycles. The van der Waals surface area contributed by atoms with E-state index < -0.39 is 5.69 Å². The molecular formula is C11H11N3O2. The average molecular weight is 217 g/mol. The Morgan fingerprint density at radius 3 is 2.56 bits per heavy atom. The fourth-order valence-electron chi connectivity index (χ4n) is 1.59. The highest BCUT2D eigenvalue weighted by molar-refractivity contribution is 5.15. The van der Waals surface area contributed by atoms with Gasteiger partial charge in [-0.05, 0) is 24.6 Å². The molecule has 82 valence electrons. The van der Waals surface area contributed by atoms with Crippen LogP contribution in [0.3, 0.4) is 0 Å². The third-order valence-electron chi connectivity index (χ3n) is 2.46. The third kappa shape index (κ3) is 1.79. The summed E-state index contributed by atoms with van der Waals surface area (Å²) in [6.45, 7) is 1.80. The average Bonchev–Trinajstić information content (AvgIpc) is 2.30. The van der Waals surface area contributed by atoms with E-state index in [0.717, 1.165) is 5.56 Å². The van der Waals surface area contributed by atoms with Crippen LogP contribution in [-0.4, -0.2) is 14.5 Å². The Labute approximate surface area is 91.4 Å². The molecule has 1 atom stereocenters. The van der Waals surface area contributed by atoms with Crippen LogP contribution in [0, 0.1) is 0 Å². The number of aromatic nitrogens is 3. The summed E-state index contributed by atoms with van der Waals surface area (Å²) in [6, 6.07) is 4.59. The van der Waals surface area contributed by atoms with Crippen molar-refractivity contribution in [3.63, 3.8) is 0 Å². The summed E-state index contributed by atoms with van der Waals surface area (Å²) in [5.74, 6) is 0. The zero-order valence-electron chi connectivity index (χ0n) is 8.75. The highest BCUT2D eigenvalue weighted by Gasteiger charge is 2.11. The van der Waals surface area contributed by atoms with Gasteiger partial charge in [-0.1, -0.05) is 0 Å². The van der Waals surface area contributed by atoms with Crippen molar-refractivity contribution in [2.75, 3.05) is 0 Å². The molecule has 0 aliphatic heterocycles. The van der Waals surface area contributed by atoms with Gasteiger partial charge in [0, 0.05) is 24.7 Å². The first-order valence-corrected chi connectivity index (χ1v) is 4.90. The van der Waals surface area contributed by atoms with E-state index in [2.05, 4.69) is 9.97 Å². The molecule has 2 aromatic rings. The predicted octanol–water partition coefficient (Wildman–Crippen LogP) is 0.541. The van der Waals surface area contributed by atoms with Crippen LogP contribution in [0.2, 0.25) is 0 Å². The largest absolute Gasteiger partial charge is 0.328 e. The van der Waals surface area contributed by atoms with Crippen LogP contribution in [-0.2, 0) is 0 Å². The molecule has 0 spiro atoms. The van der Waals surface area contributed by atoms with Gasteiger partial charge in [-0.25, -0.2) is 4.79 Å². The molecule has 0 aliphatic carbocycles. The number of hydrogen-bond acceptors (Lipinski definition) is 3. The highest BCUT2D eigenvalue weighted by atomic mass is 16.2. The van der Waals surface area contributed by atoms with Gasteiger partial charge >= 0.3 is 5.69 Å². The van der Waals surface area contributed by atoms with Crippen molar-refractivity contribution in [2.45, 2.75) is 13.0 Å². The van der Waals surface area contributed by atoms with Gasteiger partial charge in [0.2, 0.25) is 0 Å². The minimum absolute atomic E-state index is 0.305. The van der Waals surface area contributed by atoms with Crippen molar-refractivity contribution in [3.8, 4) is 0 Å². The molecule has 0 radical (unpaired) electrons. The van der Waals surface area contributed by atoms with E-state index in [4.69, 9.17) is 0 Å². The quantitative estimate of drug-likeness (QED) is 0.798. The molecule has 1 unspecified atom stereocenters. The minimum Gasteiger partial charge on any atom is -0.314 e. The monoisotopic (exact) mass is 217 g/mol. The molecular weight excluding hydrogens is 206 g/mol. The van der Waals surface area contributed by atoms with Crippen molar-refractivity contribution in [1.29, 1.82) is 0 Å². The van der Waals surface area contributed by atoms with Gasteiger partial charge < -0.3 is 4.98 Å². The summed E-state index contributed by atoms with van der Waals surface area (Å²) >= 11 is 0.